The normalized spacial score (nSPS) is 22.2. The molecular weight excluding hydrogens is 362 g/mol. The zero-order chi connectivity index (χ0) is 19.9. The second kappa shape index (κ2) is 9.73. The molecule has 1 saturated heterocycles. The van der Waals surface area contributed by atoms with Crippen LogP contribution in [0.2, 0.25) is 0 Å². The van der Waals surface area contributed by atoms with Crippen LogP contribution in [-0.4, -0.2) is 73.1 Å². The molecule has 3 N–H and O–H groups in total. The molecule has 8 heteroatoms. The predicted molar refractivity (Wildman–Crippen MR) is 101 cm³/mol. The number of ether oxygens (including phenoxy) is 2. The third kappa shape index (κ3) is 4.93. The predicted octanol–water partition coefficient (Wildman–Crippen LogP) is 0.515. The summed E-state index contributed by atoms with van der Waals surface area (Å²) >= 11 is 0. The summed E-state index contributed by atoms with van der Waals surface area (Å²) in [5.74, 6) is 0.408. The SMILES string of the molecule is N#Cc1cc2c(c(C(=O)NC[C@@H]3CCN(CCCO)C[C@H]3O)c1)OCCCO2. The fraction of sp³-hybridized carbons (Fsp3) is 0.600. The highest BCUT2D eigenvalue weighted by molar-refractivity contribution is 5.98. The van der Waals surface area contributed by atoms with Gasteiger partial charge in [-0.3, -0.25) is 4.79 Å². The Hall–Kier alpha value is -2.34. The van der Waals surface area contributed by atoms with Gasteiger partial charge in [0.05, 0.1) is 36.5 Å². The summed E-state index contributed by atoms with van der Waals surface area (Å²) in [5, 5.41) is 31.4. The van der Waals surface area contributed by atoms with Crippen molar-refractivity contribution < 1.29 is 24.5 Å². The fourth-order valence-corrected chi connectivity index (χ4v) is 3.61. The van der Waals surface area contributed by atoms with Crippen molar-refractivity contribution in [3.8, 4) is 17.6 Å². The van der Waals surface area contributed by atoms with Crippen LogP contribution in [0.4, 0.5) is 0 Å². The number of nitriles is 1. The molecule has 3 rings (SSSR count). The number of hydrogen-bond acceptors (Lipinski definition) is 7. The molecule has 152 valence electrons. The number of fused-ring (bicyclic) bond motifs is 1. The Morgan fingerprint density at radius 2 is 2.18 bits per heavy atom. The highest BCUT2D eigenvalue weighted by atomic mass is 16.5. The Morgan fingerprint density at radius 3 is 2.93 bits per heavy atom. The molecule has 0 aliphatic carbocycles. The standard InChI is InChI=1S/C20H27N3O5/c21-11-14-9-16(19-18(10-14)27-7-2-8-28-19)20(26)22-12-15-3-5-23(4-1-6-24)13-17(15)25/h9-10,15,17,24-25H,1-8,12-13H2,(H,22,26)/t15-,17+/m0/s1. The first-order valence-electron chi connectivity index (χ1n) is 9.75. The van der Waals surface area contributed by atoms with Gasteiger partial charge in [0.25, 0.3) is 5.91 Å². The molecule has 1 aromatic rings. The van der Waals surface area contributed by atoms with Crippen molar-refractivity contribution in [3.63, 3.8) is 0 Å². The van der Waals surface area contributed by atoms with Crippen molar-refractivity contribution in [2.45, 2.75) is 25.4 Å². The van der Waals surface area contributed by atoms with E-state index in [-0.39, 0.29) is 24.0 Å². The zero-order valence-corrected chi connectivity index (χ0v) is 15.9. The van der Waals surface area contributed by atoms with Crippen molar-refractivity contribution in [2.75, 3.05) is 46.0 Å². The third-order valence-electron chi connectivity index (χ3n) is 5.18. The van der Waals surface area contributed by atoms with E-state index in [2.05, 4.69) is 10.2 Å². The first-order chi connectivity index (χ1) is 13.6. The Balaban J connectivity index is 1.63. The van der Waals surface area contributed by atoms with E-state index in [4.69, 9.17) is 14.6 Å². The second-order valence-electron chi connectivity index (χ2n) is 7.22. The van der Waals surface area contributed by atoms with Gasteiger partial charge in [-0.1, -0.05) is 0 Å². The smallest absolute Gasteiger partial charge is 0.255 e. The van der Waals surface area contributed by atoms with Crippen LogP contribution in [0, 0.1) is 17.2 Å². The molecule has 2 aliphatic heterocycles. The monoisotopic (exact) mass is 389 g/mol. The van der Waals surface area contributed by atoms with E-state index >= 15 is 0 Å². The van der Waals surface area contributed by atoms with Gasteiger partial charge in [-0.25, -0.2) is 0 Å². The van der Waals surface area contributed by atoms with E-state index in [0.29, 0.717) is 56.2 Å². The Bertz CT molecular complexity index is 733. The zero-order valence-electron chi connectivity index (χ0n) is 15.9. The number of nitrogens with zero attached hydrogens (tertiary/aromatic N) is 2. The first kappa shape index (κ1) is 20.4. The maximum absolute atomic E-state index is 12.8. The summed E-state index contributed by atoms with van der Waals surface area (Å²) in [6.45, 7) is 3.54. The van der Waals surface area contributed by atoms with E-state index in [1.807, 2.05) is 6.07 Å². The number of likely N-dealkylation sites (tertiary alicyclic amines) is 1. The molecule has 2 aliphatic rings. The maximum Gasteiger partial charge on any atom is 0.255 e. The second-order valence-corrected chi connectivity index (χ2v) is 7.22. The van der Waals surface area contributed by atoms with Crippen LogP contribution in [0.15, 0.2) is 12.1 Å². The number of rotatable bonds is 6. The summed E-state index contributed by atoms with van der Waals surface area (Å²) in [7, 11) is 0. The van der Waals surface area contributed by atoms with Gasteiger partial charge in [0.2, 0.25) is 0 Å². The molecular formula is C20H27N3O5. The van der Waals surface area contributed by atoms with Crippen molar-refractivity contribution in [3.05, 3.63) is 23.3 Å². The number of benzene rings is 1. The Labute approximate surface area is 164 Å². The molecule has 0 bridgehead atoms. The molecule has 0 saturated carbocycles. The topological polar surface area (TPSA) is 115 Å². The number of hydrogen-bond donors (Lipinski definition) is 3. The van der Waals surface area contributed by atoms with Crippen LogP contribution < -0.4 is 14.8 Å². The van der Waals surface area contributed by atoms with Crippen LogP contribution >= 0.6 is 0 Å². The van der Waals surface area contributed by atoms with Crippen LogP contribution in [0.25, 0.3) is 0 Å². The molecule has 0 aromatic heterocycles. The minimum absolute atomic E-state index is 0.0377. The largest absolute Gasteiger partial charge is 0.489 e. The van der Waals surface area contributed by atoms with Gasteiger partial charge < -0.3 is 29.9 Å². The van der Waals surface area contributed by atoms with Gasteiger partial charge in [0, 0.05) is 44.6 Å². The number of aliphatic hydroxyl groups excluding tert-OH is 2. The number of carbonyl (C=O) groups is 1. The van der Waals surface area contributed by atoms with Crippen molar-refractivity contribution in [1.82, 2.24) is 10.2 Å². The van der Waals surface area contributed by atoms with E-state index in [1.54, 1.807) is 6.07 Å². The summed E-state index contributed by atoms with van der Waals surface area (Å²) < 4.78 is 11.3. The lowest BCUT2D eigenvalue weighted by atomic mass is 9.93. The van der Waals surface area contributed by atoms with Crippen LogP contribution in [0.1, 0.15) is 35.2 Å². The van der Waals surface area contributed by atoms with Crippen LogP contribution in [0.3, 0.4) is 0 Å². The summed E-state index contributed by atoms with van der Waals surface area (Å²) in [4.78, 5) is 14.9. The Kier molecular flexibility index (Phi) is 7.09. The molecule has 2 heterocycles. The fourth-order valence-electron chi connectivity index (χ4n) is 3.61. The lowest BCUT2D eigenvalue weighted by Crippen LogP contribution is -2.48. The maximum atomic E-state index is 12.8. The summed E-state index contributed by atoms with van der Waals surface area (Å²) in [5.41, 5.74) is 0.623. The van der Waals surface area contributed by atoms with Gasteiger partial charge in [0.1, 0.15) is 0 Å². The number of aliphatic hydroxyl groups is 2. The van der Waals surface area contributed by atoms with Gasteiger partial charge in [-0.15, -0.1) is 0 Å². The van der Waals surface area contributed by atoms with Gasteiger partial charge in [0.15, 0.2) is 11.5 Å². The molecule has 0 unspecified atom stereocenters. The number of β-amino-alcohol motifs (C(OH)–C–C–N with tert-alkyl or cyclic N) is 1. The molecule has 28 heavy (non-hydrogen) atoms. The molecule has 1 amide bonds. The molecule has 2 atom stereocenters. The molecule has 1 aromatic carbocycles. The molecule has 0 radical (unpaired) electrons. The van der Waals surface area contributed by atoms with E-state index in [1.165, 1.54) is 6.07 Å². The Morgan fingerprint density at radius 1 is 1.36 bits per heavy atom. The number of carbonyl (C=O) groups excluding carboxylic acids is 1. The quantitative estimate of drug-likeness (QED) is 0.649. The van der Waals surface area contributed by atoms with Crippen molar-refractivity contribution in [2.24, 2.45) is 5.92 Å². The highest BCUT2D eigenvalue weighted by Gasteiger charge is 2.28. The van der Waals surface area contributed by atoms with Crippen molar-refractivity contribution >= 4 is 5.91 Å². The molecule has 8 nitrogen and oxygen atoms in total. The third-order valence-corrected chi connectivity index (χ3v) is 5.18. The van der Waals surface area contributed by atoms with Gasteiger partial charge >= 0.3 is 0 Å². The number of amides is 1. The van der Waals surface area contributed by atoms with E-state index in [9.17, 15) is 15.2 Å². The minimum Gasteiger partial charge on any atom is -0.489 e. The molecule has 0 spiro atoms. The average Bonchev–Trinajstić information content (AvgIpc) is 2.95. The van der Waals surface area contributed by atoms with Gasteiger partial charge in [-0.2, -0.15) is 5.26 Å². The highest BCUT2D eigenvalue weighted by Crippen LogP contribution is 2.34. The molecule has 1 fully saturated rings. The van der Waals surface area contributed by atoms with Crippen LogP contribution in [-0.2, 0) is 0 Å². The van der Waals surface area contributed by atoms with Crippen molar-refractivity contribution in [1.29, 1.82) is 5.26 Å². The van der Waals surface area contributed by atoms with Gasteiger partial charge in [-0.05, 0) is 25.5 Å². The summed E-state index contributed by atoms with van der Waals surface area (Å²) in [6, 6.07) is 5.15. The van der Waals surface area contributed by atoms with E-state index in [0.717, 1.165) is 19.5 Å². The average molecular weight is 389 g/mol. The lowest BCUT2D eigenvalue weighted by Gasteiger charge is -2.36. The minimum atomic E-state index is -0.533. The summed E-state index contributed by atoms with van der Waals surface area (Å²) in [6.07, 6.45) is 1.63. The number of nitrogens with one attached hydrogen (secondary N) is 1. The first-order valence-corrected chi connectivity index (χ1v) is 9.75. The lowest BCUT2D eigenvalue weighted by molar-refractivity contribution is 0.0201. The van der Waals surface area contributed by atoms with Crippen LogP contribution in [0.5, 0.6) is 11.5 Å². The van der Waals surface area contributed by atoms with E-state index < -0.39 is 6.10 Å². The number of piperidine rings is 1.